The predicted molar refractivity (Wildman–Crippen MR) is 104 cm³/mol. The summed E-state index contributed by atoms with van der Waals surface area (Å²) in [6.45, 7) is -0.236. The molecule has 2 heterocycles. The second-order valence-corrected chi connectivity index (χ2v) is 7.05. The van der Waals surface area contributed by atoms with E-state index < -0.39 is 29.6 Å². The minimum absolute atomic E-state index is 0.102. The lowest BCUT2D eigenvalue weighted by Crippen LogP contribution is -2.42. The molecule has 0 radical (unpaired) electrons. The topological polar surface area (TPSA) is 148 Å². The fourth-order valence-corrected chi connectivity index (χ4v) is 2.95. The number of nitro groups is 1. The largest absolute Gasteiger partial charge is 0.394 e. The number of aromatic nitrogens is 4. The van der Waals surface area contributed by atoms with E-state index in [1.54, 1.807) is 23.3 Å². The fourth-order valence-electron chi connectivity index (χ4n) is 2.62. The molecule has 0 spiro atoms. The summed E-state index contributed by atoms with van der Waals surface area (Å²) in [6.07, 6.45) is 3.73. The van der Waals surface area contributed by atoms with Crippen molar-refractivity contribution in [1.82, 2.24) is 24.9 Å². The van der Waals surface area contributed by atoms with Crippen LogP contribution in [0.5, 0.6) is 0 Å². The first kappa shape index (κ1) is 20.6. The number of hydrogen-bond acceptors (Lipinski definition) is 7. The Kier molecular flexibility index (Phi) is 6.36. The zero-order valence-corrected chi connectivity index (χ0v) is 16.5. The number of benzene rings is 1. The van der Waals surface area contributed by atoms with Crippen LogP contribution in [0.3, 0.4) is 0 Å². The molecular formula is C17H17BrN6O5. The van der Waals surface area contributed by atoms with Gasteiger partial charge in [0.25, 0.3) is 11.6 Å². The van der Waals surface area contributed by atoms with E-state index in [0.717, 1.165) is 4.47 Å². The van der Waals surface area contributed by atoms with Crippen LogP contribution in [0.2, 0.25) is 0 Å². The molecule has 29 heavy (non-hydrogen) atoms. The number of nitrogens with zero attached hydrogens (tertiary/aromatic N) is 5. The highest BCUT2D eigenvalue weighted by molar-refractivity contribution is 9.10. The Labute approximate surface area is 172 Å². The molecule has 0 aliphatic heterocycles. The summed E-state index contributed by atoms with van der Waals surface area (Å²) in [7, 11) is 0. The summed E-state index contributed by atoms with van der Waals surface area (Å²) >= 11 is 3.29. The quantitative estimate of drug-likeness (QED) is 0.333. The Morgan fingerprint density at radius 1 is 1.28 bits per heavy atom. The molecule has 3 N–H and O–H groups in total. The standard InChI is InChI=1S/C17H17BrN6O5/c18-12-7-19-23(8-12)10-22-6-5-14(21-22)17(27)20-15(9-25)16(26)11-1-3-13(4-2-11)24(28)29/h1-8,15-16,25-26H,9-10H2,(H,20,27). The SMILES string of the molecule is O=C(NC(CO)C(O)c1ccc([N+](=O)[O-])cc1)c1ccn(Cn2cc(Br)cn2)n1. The van der Waals surface area contributed by atoms with Crippen LogP contribution in [0.15, 0.2) is 53.4 Å². The van der Waals surface area contributed by atoms with Crippen molar-refractivity contribution in [2.75, 3.05) is 6.61 Å². The highest BCUT2D eigenvalue weighted by atomic mass is 79.9. The number of aliphatic hydroxyl groups excluding tert-OH is 2. The average molecular weight is 465 g/mol. The molecule has 0 saturated heterocycles. The van der Waals surface area contributed by atoms with Gasteiger partial charge in [-0.05, 0) is 39.7 Å². The van der Waals surface area contributed by atoms with Gasteiger partial charge in [0.1, 0.15) is 18.5 Å². The number of rotatable bonds is 8. The number of aliphatic hydroxyl groups is 2. The van der Waals surface area contributed by atoms with Crippen LogP contribution in [0, 0.1) is 10.1 Å². The second kappa shape index (κ2) is 8.94. The maximum atomic E-state index is 12.4. The Balaban J connectivity index is 1.65. The molecule has 11 nitrogen and oxygen atoms in total. The normalized spacial score (nSPS) is 13.1. The first-order valence-corrected chi connectivity index (χ1v) is 9.22. The summed E-state index contributed by atoms with van der Waals surface area (Å²) in [4.78, 5) is 22.6. The number of carbonyl (C=O) groups excluding carboxylic acids is 1. The van der Waals surface area contributed by atoms with Gasteiger partial charge in [0.15, 0.2) is 0 Å². The van der Waals surface area contributed by atoms with Gasteiger partial charge < -0.3 is 15.5 Å². The summed E-state index contributed by atoms with van der Waals surface area (Å²) in [5, 5.41) is 41.5. The van der Waals surface area contributed by atoms with Crippen LogP contribution >= 0.6 is 15.9 Å². The second-order valence-electron chi connectivity index (χ2n) is 6.14. The smallest absolute Gasteiger partial charge is 0.272 e. The van der Waals surface area contributed by atoms with Crippen LogP contribution in [0.4, 0.5) is 5.69 Å². The van der Waals surface area contributed by atoms with Gasteiger partial charge in [-0.2, -0.15) is 10.2 Å². The van der Waals surface area contributed by atoms with Gasteiger partial charge in [-0.1, -0.05) is 0 Å². The fraction of sp³-hybridized carbons (Fsp3) is 0.235. The molecule has 3 aromatic rings. The molecule has 0 aliphatic carbocycles. The molecule has 3 rings (SSSR count). The van der Waals surface area contributed by atoms with Gasteiger partial charge in [-0.15, -0.1) is 0 Å². The summed E-state index contributed by atoms with van der Waals surface area (Å²) in [5.41, 5.74) is 0.301. The summed E-state index contributed by atoms with van der Waals surface area (Å²) in [6, 6.07) is 5.70. The average Bonchev–Trinajstić information content (AvgIpc) is 3.34. The molecule has 2 atom stereocenters. The van der Waals surface area contributed by atoms with Gasteiger partial charge >= 0.3 is 0 Å². The zero-order valence-electron chi connectivity index (χ0n) is 14.9. The summed E-state index contributed by atoms with van der Waals surface area (Å²) < 4.78 is 3.94. The first-order chi connectivity index (χ1) is 13.9. The van der Waals surface area contributed by atoms with Gasteiger partial charge in [0, 0.05) is 24.5 Å². The van der Waals surface area contributed by atoms with E-state index in [0.29, 0.717) is 12.2 Å². The van der Waals surface area contributed by atoms with Gasteiger partial charge in [0.2, 0.25) is 0 Å². The van der Waals surface area contributed by atoms with Crippen LogP contribution in [0.25, 0.3) is 0 Å². The zero-order chi connectivity index (χ0) is 21.0. The van der Waals surface area contributed by atoms with Crippen LogP contribution < -0.4 is 5.32 Å². The summed E-state index contributed by atoms with van der Waals surface area (Å²) in [5.74, 6) is -0.578. The lowest BCUT2D eigenvalue weighted by Gasteiger charge is -2.22. The molecule has 152 valence electrons. The number of amides is 1. The van der Waals surface area contributed by atoms with Gasteiger partial charge in [-0.3, -0.25) is 19.6 Å². The molecule has 0 saturated carbocycles. The van der Waals surface area contributed by atoms with E-state index in [1.807, 2.05) is 0 Å². The molecule has 1 amide bonds. The third kappa shape index (κ3) is 5.04. The van der Waals surface area contributed by atoms with Crippen LogP contribution in [0.1, 0.15) is 22.2 Å². The third-order valence-electron chi connectivity index (χ3n) is 4.10. The molecule has 2 unspecified atom stereocenters. The van der Waals surface area contributed by atoms with Gasteiger partial charge in [-0.25, -0.2) is 4.68 Å². The Morgan fingerprint density at radius 3 is 2.59 bits per heavy atom. The number of halogens is 1. The lowest BCUT2D eigenvalue weighted by molar-refractivity contribution is -0.384. The van der Waals surface area contributed by atoms with Crippen molar-refractivity contribution in [2.45, 2.75) is 18.8 Å². The van der Waals surface area contributed by atoms with E-state index in [1.165, 1.54) is 35.0 Å². The van der Waals surface area contributed by atoms with Crippen molar-refractivity contribution in [3.63, 3.8) is 0 Å². The first-order valence-electron chi connectivity index (χ1n) is 8.43. The monoisotopic (exact) mass is 464 g/mol. The number of hydrogen-bond donors (Lipinski definition) is 3. The van der Waals surface area contributed by atoms with Crippen LogP contribution in [-0.4, -0.2) is 53.3 Å². The van der Waals surface area contributed by atoms with Crippen molar-refractivity contribution in [2.24, 2.45) is 0 Å². The highest BCUT2D eigenvalue weighted by Gasteiger charge is 2.24. The molecule has 0 aliphatic rings. The minimum atomic E-state index is -1.26. The van der Waals surface area contributed by atoms with E-state index in [9.17, 15) is 25.1 Å². The number of nitrogens with one attached hydrogen (secondary N) is 1. The maximum absolute atomic E-state index is 12.4. The highest BCUT2D eigenvalue weighted by Crippen LogP contribution is 2.20. The third-order valence-corrected chi connectivity index (χ3v) is 4.51. The minimum Gasteiger partial charge on any atom is -0.394 e. The number of carbonyl (C=O) groups is 1. The van der Waals surface area contributed by atoms with E-state index in [4.69, 9.17) is 0 Å². The Morgan fingerprint density at radius 2 is 2.00 bits per heavy atom. The predicted octanol–water partition coefficient (Wildman–Crippen LogP) is 1.08. The van der Waals surface area contributed by atoms with Crippen molar-refractivity contribution in [3.05, 3.63) is 74.8 Å². The van der Waals surface area contributed by atoms with Crippen molar-refractivity contribution < 1.29 is 19.9 Å². The Bertz CT molecular complexity index is 1000. The van der Waals surface area contributed by atoms with E-state index >= 15 is 0 Å². The Hall–Kier alpha value is -3.09. The van der Waals surface area contributed by atoms with Crippen molar-refractivity contribution in [3.8, 4) is 0 Å². The molecule has 12 heteroatoms. The van der Waals surface area contributed by atoms with Crippen molar-refractivity contribution in [1.29, 1.82) is 0 Å². The number of nitro benzene ring substituents is 1. The molecule has 2 aromatic heterocycles. The van der Waals surface area contributed by atoms with Gasteiger partial charge in [0.05, 0.1) is 28.2 Å². The maximum Gasteiger partial charge on any atom is 0.272 e. The molecular weight excluding hydrogens is 448 g/mol. The molecule has 0 bridgehead atoms. The van der Waals surface area contributed by atoms with E-state index in [2.05, 4.69) is 31.4 Å². The van der Waals surface area contributed by atoms with Crippen LogP contribution in [-0.2, 0) is 6.67 Å². The molecule has 0 fully saturated rings. The van der Waals surface area contributed by atoms with E-state index in [-0.39, 0.29) is 11.4 Å². The lowest BCUT2D eigenvalue weighted by atomic mass is 10.0. The number of non-ortho nitro benzene ring substituents is 1. The van der Waals surface area contributed by atoms with Crippen molar-refractivity contribution >= 4 is 27.5 Å². The molecule has 1 aromatic carbocycles.